The molecule has 6 rings (SSSR count). The summed E-state index contributed by atoms with van der Waals surface area (Å²) in [6, 6.07) is 21.4. The van der Waals surface area contributed by atoms with E-state index in [1.165, 1.54) is 0 Å². The Morgan fingerprint density at radius 2 is 1.37 bits per heavy atom. The van der Waals surface area contributed by atoms with E-state index >= 15 is 0 Å². The maximum atomic E-state index is 13.6. The van der Waals surface area contributed by atoms with Gasteiger partial charge in [-0.2, -0.15) is 0 Å². The van der Waals surface area contributed by atoms with Gasteiger partial charge in [0, 0.05) is 36.7 Å². The number of fused-ring (bicyclic) bond motifs is 3. The minimum atomic E-state index is -10.7. The Morgan fingerprint density at radius 3 is 1.86 bits per heavy atom. The van der Waals surface area contributed by atoms with Gasteiger partial charge < -0.3 is 19.6 Å². The minimum absolute atomic E-state index is 0.110. The summed E-state index contributed by atoms with van der Waals surface area (Å²) in [6.45, 7) is 4.03. The summed E-state index contributed by atoms with van der Waals surface area (Å²) >= 11 is 0. The van der Waals surface area contributed by atoms with Crippen molar-refractivity contribution < 1.29 is 49.1 Å². The van der Waals surface area contributed by atoms with Gasteiger partial charge >= 0.3 is 39.0 Å². The third-order valence-corrected chi connectivity index (χ3v) is 7.79. The number of benzene rings is 2. The summed E-state index contributed by atoms with van der Waals surface area (Å²) in [5.41, 5.74) is -0.302. The van der Waals surface area contributed by atoms with Crippen molar-refractivity contribution in [2.24, 2.45) is 5.92 Å². The molecular weight excluding hydrogens is 599 g/mol. The molecule has 0 spiro atoms. The first-order valence-corrected chi connectivity index (χ1v) is 15.6. The Bertz CT molecular complexity index is 1360. The molecule has 3 aromatic rings. The van der Waals surface area contributed by atoms with Crippen LogP contribution >= 0.6 is 7.81 Å². The molecule has 0 saturated carbocycles. The predicted molar refractivity (Wildman–Crippen MR) is 148 cm³/mol. The Kier molecular flexibility index (Phi) is 8.67. The number of hydrogen-bond donors (Lipinski definition) is 2. The van der Waals surface area contributed by atoms with Crippen LogP contribution in [-0.4, -0.2) is 65.3 Å². The molecule has 2 aromatic carbocycles. The standard InChI is InChI=1S/C29H31N3O4.F6P/c33-27(23-11-15-30-16-12-23)31-17-20-32-18-13-22(14-19-32)26(21-32)36-28(34)29(35,24-7-3-1-4-8-24)25-9-5-2-6-10-25;1-7(2,3,4,5)6/h1-12,15-16,22,26,35H,13-14,17-21H2;/q;-1/p+1/t22?,26-,32?;/m0./s1. The van der Waals surface area contributed by atoms with E-state index in [0.29, 0.717) is 29.8 Å². The molecule has 3 aliphatic heterocycles. The molecule has 3 fully saturated rings. The average molecular weight is 632 g/mol. The fourth-order valence-corrected chi connectivity index (χ4v) is 5.66. The molecular formula is C29H32F6N3O4P. The number of quaternary nitrogens is 1. The summed E-state index contributed by atoms with van der Waals surface area (Å²) in [4.78, 5) is 30.0. The molecule has 7 nitrogen and oxygen atoms in total. The zero-order valence-electron chi connectivity index (χ0n) is 23.0. The molecule has 234 valence electrons. The third-order valence-electron chi connectivity index (χ3n) is 7.79. The minimum Gasteiger partial charge on any atom is -0.453 e. The van der Waals surface area contributed by atoms with Crippen LogP contribution in [0.5, 0.6) is 0 Å². The first kappa shape index (κ1) is 32.4. The van der Waals surface area contributed by atoms with Crippen LogP contribution in [0.3, 0.4) is 0 Å². The number of rotatable bonds is 8. The molecule has 2 N–H and O–H groups in total. The molecule has 1 aromatic heterocycles. The quantitative estimate of drug-likeness (QED) is 0.132. The number of aromatic nitrogens is 1. The number of ether oxygens (including phenoxy) is 1. The van der Waals surface area contributed by atoms with Gasteiger partial charge in [0.25, 0.3) is 5.91 Å². The molecule has 3 saturated heterocycles. The fraction of sp³-hybridized carbons (Fsp3) is 0.345. The van der Waals surface area contributed by atoms with E-state index in [9.17, 15) is 39.9 Å². The summed E-state index contributed by atoms with van der Waals surface area (Å²) < 4.78 is 66.1. The first-order valence-electron chi connectivity index (χ1n) is 13.6. The Labute approximate surface area is 244 Å². The van der Waals surface area contributed by atoms with Crippen molar-refractivity contribution in [3.63, 3.8) is 0 Å². The van der Waals surface area contributed by atoms with E-state index < -0.39 is 19.4 Å². The first-order chi connectivity index (χ1) is 20.0. The average Bonchev–Trinajstić information content (AvgIpc) is 2.97. The van der Waals surface area contributed by atoms with E-state index in [1.54, 1.807) is 48.8 Å². The van der Waals surface area contributed by atoms with Crippen LogP contribution < -0.4 is 5.32 Å². The van der Waals surface area contributed by atoms with E-state index in [1.807, 2.05) is 36.4 Å². The smallest absolute Gasteiger partial charge is 0.348 e. The van der Waals surface area contributed by atoms with Gasteiger partial charge in [-0.25, -0.2) is 4.79 Å². The zero-order valence-corrected chi connectivity index (χ0v) is 23.9. The SMILES string of the molecule is F[P-](F)(F)(F)(F)F.O=C(NCC[N+]12CCC(CC1)[C@@H](OC(=O)C(O)(c1ccccc1)c1ccccc1)C2)c1ccncc1. The number of carbonyl (C=O) groups is 2. The molecule has 4 heterocycles. The number of pyridine rings is 1. The van der Waals surface area contributed by atoms with Gasteiger partial charge in [0.1, 0.15) is 6.54 Å². The number of esters is 1. The second-order valence-electron chi connectivity index (χ2n) is 10.9. The summed E-state index contributed by atoms with van der Waals surface area (Å²) in [5, 5.41) is 14.8. The van der Waals surface area contributed by atoms with Gasteiger partial charge in [-0.3, -0.25) is 9.78 Å². The van der Waals surface area contributed by atoms with Crippen LogP contribution in [0.1, 0.15) is 34.3 Å². The van der Waals surface area contributed by atoms with E-state index in [-0.39, 0.29) is 17.9 Å². The van der Waals surface area contributed by atoms with Crippen molar-refractivity contribution in [2.75, 3.05) is 32.7 Å². The molecule has 0 unspecified atom stereocenters. The van der Waals surface area contributed by atoms with Crippen molar-refractivity contribution in [2.45, 2.75) is 24.5 Å². The maximum absolute atomic E-state index is 13.6. The molecule has 3 aliphatic rings. The number of hydrogen-bond acceptors (Lipinski definition) is 5. The number of amides is 1. The van der Waals surface area contributed by atoms with Crippen LogP contribution in [-0.2, 0) is 15.1 Å². The van der Waals surface area contributed by atoms with E-state index in [0.717, 1.165) is 37.0 Å². The van der Waals surface area contributed by atoms with Crippen LogP contribution in [0.25, 0.3) is 0 Å². The summed E-state index contributed by atoms with van der Waals surface area (Å²) in [5.74, 6) is -0.458. The van der Waals surface area contributed by atoms with Gasteiger partial charge in [0.2, 0.25) is 5.60 Å². The molecule has 14 heteroatoms. The fourth-order valence-electron chi connectivity index (χ4n) is 5.66. The molecule has 43 heavy (non-hydrogen) atoms. The van der Waals surface area contributed by atoms with Crippen molar-refractivity contribution in [1.82, 2.24) is 10.3 Å². The van der Waals surface area contributed by atoms with Crippen molar-refractivity contribution >= 4 is 19.7 Å². The van der Waals surface area contributed by atoms with Gasteiger partial charge in [-0.15, -0.1) is 0 Å². The van der Waals surface area contributed by atoms with Crippen molar-refractivity contribution in [3.05, 3.63) is 102 Å². The van der Waals surface area contributed by atoms with Gasteiger partial charge in [0.15, 0.2) is 6.10 Å². The number of carbonyl (C=O) groups excluding carboxylic acids is 2. The van der Waals surface area contributed by atoms with Crippen molar-refractivity contribution in [3.8, 4) is 0 Å². The van der Waals surface area contributed by atoms with Gasteiger partial charge in [0.05, 0.1) is 26.2 Å². The monoisotopic (exact) mass is 631 g/mol. The van der Waals surface area contributed by atoms with Crippen LogP contribution in [0.15, 0.2) is 85.2 Å². The second-order valence-corrected chi connectivity index (χ2v) is 12.8. The Balaban J connectivity index is 0.000000541. The van der Waals surface area contributed by atoms with Crippen molar-refractivity contribution in [1.29, 1.82) is 0 Å². The summed E-state index contributed by atoms with van der Waals surface area (Å²) in [7, 11) is -10.7. The largest absolute Gasteiger partial charge is 0.453 e. The molecule has 2 bridgehead atoms. The number of nitrogens with one attached hydrogen (secondary N) is 1. The van der Waals surface area contributed by atoms with Gasteiger partial charge in [-0.1, -0.05) is 60.7 Å². The Morgan fingerprint density at radius 1 is 0.884 bits per heavy atom. The molecule has 0 aliphatic carbocycles. The molecule has 1 atom stereocenters. The Hall–Kier alpha value is -3.54. The van der Waals surface area contributed by atoms with Crippen LogP contribution in [0, 0.1) is 5.92 Å². The normalized spacial score (nSPS) is 23.1. The number of aliphatic hydroxyl groups is 1. The molecule has 1 amide bonds. The predicted octanol–water partition coefficient (Wildman–Crippen LogP) is 6.28. The van der Waals surface area contributed by atoms with Gasteiger partial charge in [-0.05, 0) is 23.3 Å². The topological polar surface area (TPSA) is 88.5 Å². The maximum Gasteiger partial charge on any atom is 0.348 e. The van der Waals surface area contributed by atoms with E-state index in [4.69, 9.17) is 4.74 Å². The number of nitrogens with zero attached hydrogens (tertiary/aromatic N) is 2. The second kappa shape index (κ2) is 11.5. The van der Waals surface area contributed by atoms with Crippen LogP contribution in [0.2, 0.25) is 0 Å². The zero-order chi connectivity index (χ0) is 31.4. The molecule has 0 radical (unpaired) electrons. The number of halogens is 6. The van der Waals surface area contributed by atoms with Crippen LogP contribution in [0.4, 0.5) is 25.2 Å². The van der Waals surface area contributed by atoms with E-state index in [2.05, 4.69) is 10.3 Å². The summed E-state index contributed by atoms with van der Waals surface area (Å²) in [6.07, 6.45) is 4.88. The third kappa shape index (κ3) is 9.22. The number of piperidine rings is 3.